The molecule has 0 heterocycles. The maximum atomic E-state index is 5.83. The average Bonchev–Trinajstić information content (AvgIpc) is 2.09. The minimum absolute atomic E-state index is 0.559. The standard InChI is InChI=1S/C11H14BrNO/c1-3-4-5-14-11-8(2)6-9(12)7-10(11)13/h3-4,6-7H,5,13H2,1-2H3/b4-3+. The van der Waals surface area contributed by atoms with Gasteiger partial charge in [0.15, 0.2) is 0 Å². The van der Waals surface area contributed by atoms with Gasteiger partial charge in [0.1, 0.15) is 12.4 Å². The smallest absolute Gasteiger partial charge is 0.145 e. The molecule has 0 atom stereocenters. The molecule has 1 aromatic rings. The Morgan fingerprint density at radius 2 is 2.21 bits per heavy atom. The predicted molar refractivity (Wildman–Crippen MR) is 63.6 cm³/mol. The molecule has 0 saturated carbocycles. The number of nitrogen functional groups attached to an aromatic ring is 1. The van der Waals surface area contributed by atoms with Gasteiger partial charge in [-0.3, -0.25) is 0 Å². The molecule has 0 saturated heterocycles. The van der Waals surface area contributed by atoms with E-state index in [1.54, 1.807) is 0 Å². The quantitative estimate of drug-likeness (QED) is 0.665. The topological polar surface area (TPSA) is 35.2 Å². The van der Waals surface area contributed by atoms with E-state index in [2.05, 4.69) is 15.9 Å². The van der Waals surface area contributed by atoms with Crippen LogP contribution in [0.1, 0.15) is 12.5 Å². The lowest BCUT2D eigenvalue weighted by Gasteiger charge is -2.10. The molecule has 0 aliphatic heterocycles. The van der Waals surface area contributed by atoms with Crippen molar-refractivity contribution in [3.8, 4) is 5.75 Å². The largest absolute Gasteiger partial charge is 0.487 e. The third-order valence-corrected chi connectivity index (χ3v) is 2.29. The highest BCUT2D eigenvalue weighted by atomic mass is 79.9. The first-order valence-electron chi connectivity index (χ1n) is 4.44. The van der Waals surface area contributed by atoms with E-state index in [-0.39, 0.29) is 0 Å². The molecule has 0 bridgehead atoms. The summed E-state index contributed by atoms with van der Waals surface area (Å²) in [4.78, 5) is 0. The van der Waals surface area contributed by atoms with Crippen molar-refractivity contribution in [3.63, 3.8) is 0 Å². The number of allylic oxidation sites excluding steroid dienone is 1. The second kappa shape index (κ2) is 5.05. The van der Waals surface area contributed by atoms with Crippen molar-refractivity contribution < 1.29 is 4.74 Å². The molecule has 0 spiro atoms. The second-order valence-electron chi connectivity index (χ2n) is 3.02. The lowest BCUT2D eigenvalue weighted by atomic mass is 10.2. The van der Waals surface area contributed by atoms with E-state index < -0.39 is 0 Å². The monoisotopic (exact) mass is 255 g/mol. The van der Waals surface area contributed by atoms with Crippen LogP contribution in [0.2, 0.25) is 0 Å². The molecule has 0 aliphatic rings. The number of hydrogen-bond donors (Lipinski definition) is 1. The van der Waals surface area contributed by atoms with Gasteiger partial charge in [-0.15, -0.1) is 0 Å². The number of nitrogens with two attached hydrogens (primary N) is 1. The Balaban J connectivity index is 2.85. The van der Waals surface area contributed by atoms with Gasteiger partial charge in [-0.05, 0) is 31.5 Å². The average molecular weight is 256 g/mol. The molecule has 14 heavy (non-hydrogen) atoms. The Morgan fingerprint density at radius 3 is 2.79 bits per heavy atom. The van der Waals surface area contributed by atoms with Crippen LogP contribution >= 0.6 is 15.9 Å². The molecule has 3 heteroatoms. The van der Waals surface area contributed by atoms with E-state index in [1.807, 2.05) is 38.1 Å². The summed E-state index contributed by atoms with van der Waals surface area (Å²) in [5.74, 6) is 0.770. The first kappa shape index (κ1) is 11.1. The first-order valence-corrected chi connectivity index (χ1v) is 5.24. The van der Waals surface area contributed by atoms with Gasteiger partial charge in [0.2, 0.25) is 0 Å². The Morgan fingerprint density at radius 1 is 1.50 bits per heavy atom. The van der Waals surface area contributed by atoms with Crippen LogP contribution in [0.4, 0.5) is 5.69 Å². The summed E-state index contributed by atoms with van der Waals surface area (Å²) >= 11 is 3.38. The van der Waals surface area contributed by atoms with E-state index >= 15 is 0 Å². The Kier molecular flexibility index (Phi) is 4.01. The molecule has 0 fully saturated rings. The third kappa shape index (κ3) is 2.77. The number of benzene rings is 1. The van der Waals surface area contributed by atoms with E-state index in [1.165, 1.54) is 0 Å². The summed E-state index contributed by atoms with van der Waals surface area (Å²) in [5, 5.41) is 0. The fourth-order valence-electron chi connectivity index (χ4n) is 1.18. The van der Waals surface area contributed by atoms with Crippen molar-refractivity contribution in [2.75, 3.05) is 12.3 Å². The van der Waals surface area contributed by atoms with Gasteiger partial charge in [-0.25, -0.2) is 0 Å². The minimum Gasteiger partial charge on any atom is -0.487 e. The number of aryl methyl sites for hydroxylation is 1. The van der Waals surface area contributed by atoms with Gasteiger partial charge >= 0.3 is 0 Å². The summed E-state index contributed by atoms with van der Waals surface area (Å²) in [6.45, 7) is 4.50. The maximum absolute atomic E-state index is 5.83. The van der Waals surface area contributed by atoms with Crippen molar-refractivity contribution in [1.82, 2.24) is 0 Å². The van der Waals surface area contributed by atoms with Crippen LogP contribution in [0.25, 0.3) is 0 Å². The Bertz CT molecular complexity index is 324. The number of rotatable bonds is 3. The third-order valence-electron chi connectivity index (χ3n) is 1.83. The molecule has 1 rings (SSSR count). The van der Waals surface area contributed by atoms with Gasteiger partial charge in [-0.1, -0.05) is 28.1 Å². The van der Waals surface area contributed by atoms with Crippen LogP contribution < -0.4 is 10.5 Å². The van der Waals surface area contributed by atoms with Crippen LogP contribution in [0, 0.1) is 6.92 Å². The minimum atomic E-state index is 0.559. The van der Waals surface area contributed by atoms with Gasteiger partial charge in [0.25, 0.3) is 0 Å². The summed E-state index contributed by atoms with van der Waals surface area (Å²) < 4.78 is 6.51. The van der Waals surface area contributed by atoms with Crippen molar-refractivity contribution >= 4 is 21.6 Å². The predicted octanol–water partition coefficient (Wildman–Crippen LogP) is 3.29. The number of ether oxygens (including phenoxy) is 1. The molecule has 1 aromatic carbocycles. The van der Waals surface area contributed by atoms with Crippen molar-refractivity contribution in [2.45, 2.75) is 13.8 Å². The number of anilines is 1. The van der Waals surface area contributed by atoms with Crippen LogP contribution in [0.3, 0.4) is 0 Å². The van der Waals surface area contributed by atoms with Crippen molar-refractivity contribution in [1.29, 1.82) is 0 Å². The van der Waals surface area contributed by atoms with Crippen molar-refractivity contribution in [3.05, 3.63) is 34.3 Å². The maximum Gasteiger partial charge on any atom is 0.145 e. The summed E-state index contributed by atoms with van der Waals surface area (Å²) in [7, 11) is 0. The highest BCUT2D eigenvalue weighted by Crippen LogP contribution is 2.29. The first-order chi connectivity index (χ1) is 6.65. The molecule has 0 aromatic heterocycles. The van der Waals surface area contributed by atoms with E-state index in [9.17, 15) is 0 Å². The highest BCUT2D eigenvalue weighted by Gasteiger charge is 2.04. The molecule has 0 amide bonds. The van der Waals surface area contributed by atoms with E-state index in [4.69, 9.17) is 10.5 Å². The molecule has 76 valence electrons. The number of halogens is 1. The SMILES string of the molecule is C/C=C/COc1c(C)cc(Br)cc1N. The van der Waals surface area contributed by atoms with E-state index in [0.717, 1.165) is 15.8 Å². The fraction of sp³-hybridized carbons (Fsp3) is 0.273. The molecular weight excluding hydrogens is 242 g/mol. The lowest BCUT2D eigenvalue weighted by Crippen LogP contribution is -1.99. The van der Waals surface area contributed by atoms with Gasteiger partial charge in [0.05, 0.1) is 5.69 Å². The normalized spacial score (nSPS) is 10.8. The molecule has 2 N–H and O–H groups in total. The van der Waals surface area contributed by atoms with Crippen LogP contribution in [-0.4, -0.2) is 6.61 Å². The number of hydrogen-bond acceptors (Lipinski definition) is 2. The molecule has 0 unspecified atom stereocenters. The van der Waals surface area contributed by atoms with Crippen LogP contribution in [0.5, 0.6) is 5.75 Å². The van der Waals surface area contributed by atoms with Gasteiger partial charge < -0.3 is 10.5 Å². The molecular formula is C11H14BrNO. The second-order valence-corrected chi connectivity index (χ2v) is 3.94. The van der Waals surface area contributed by atoms with Crippen LogP contribution in [0.15, 0.2) is 28.8 Å². The summed E-state index contributed by atoms with van der Waals surface area (Å²) in [5.41, 5.74) is 7.54. The van der Waals surface area contributed by atoms with Crippen molar-refractivity contribution in [2.24, 2.45) is 0 Å². The fourth-order valence-corrected chi connectivity index (χ4v) is 1.77. The zero-order chi connectivity index (χ0) is 10.6. The molecule has 0 aliphatic carbocycles. The molecule has 2 nitrogen and oxygen atoms in total. The Labute approximate surface area is 92.9 Å². The van der Waals surface area contributed by atoms with Gasteiger partial charge in [-0.2, -0.15) is 0 Å². The van der Waals surface area contributed by atoms with E-state index in [0.29, 0.717) is 12.3 Å². The molecule has 0 radical (unpaired) electrons. The summed E-state index contributed by atoms with van der Waals surface area (Å²) in [6, 6.07) is 3.83. The highest BCUT2D eigenvalue weighted by molar-refractivity contribution is 9.10. The lowest BCUT2D eigenvalue weighted by molar-refractivity contribution is 0.362. The zero-order valence-electron chi connectivity index (χ0n) is 8.38. The summed E-state index contributed by atoms with van der Waals surface area (Å²) in [6.07, 6.45) is 3.89. The zero-order valence-corrected chi connectivity index (χ0v) is 9.97. The van der Waals surface area contributed by atoms with Gasteiger partial charge in [0, 0.05) is 4.47 Å². The van der Waals surface area contributed by atoms with Crippen LogP contribution in [-0.2, 0) is 0 Å². The Hall–Kier alpha value is -0.960.